The quantitative estimate of drug-likeness (QED) is 0.804. The molecular weight excluding hydrogens is 216 g/mol. The molecule has 0 saturated heterocycles. The summed E-state index contributed by atoms with van der Waals surface area (Å²) in [6.07, 6.45) is 2.72. The molecule has 0 atom stereocenters. The Morgan fingerprint density at radius 2 is 2.21 bits per heavy atom. The number of aryl methyl sites for hydroxylation is 1. The zero-order valence-corrected chi connectivity index (χ0v) is 9.40. The van der Waals surface area contributed by atoms with E-state index in [1.165, 1.54) is 9.75 Å². The van der Waals surface area contributed by atoms with Gasteiger partial charge in [0.2, 0.25) is 5.88 Å². The van der Waals surface area contributed by atoms with Crippen LogP contribution in [-0.4, -0.2) is 8.75 Å². The smallest absolute Gasteiger partial charge is 0.246 e. The molecule has 0 N–H and O–H groups in total. The van der Waals surface area contributed by atoms with E-state index in [0.29, 0.717) is 12.5 Å². The Kier molecular flexibility index (Phi) is 3.10. The largest absolute Gasteiger partial charge is 0.470 e. The van der Waals surface area contributed by atoms with Gasteiger partial charge in [-0.2, -0.15) is 4.37 Å². The minimum Gasteiger partial charge on any atom is -0.470 e. The van der Waals surface area contributed by atoms with Crippen LogP contribution in [0, 0.1) is 0 Å². The van der Waals surface area contributed by atoms with Crippen molar-refractivity contribution in [3.63, 3.8) is 0 Å². The molecule has 2 aromatic heterocycles. The van der Waals surface area contributed by atoms with Gasteiger partial charge < -0.3 is 4.74 Å². The number of aromatic nitrogens is 2. The Hall–Kier alpha value is -0.940. The highest BCUT2D eigenvalue weighted by molar-refractivity contribution is 7.11. The van der Waals surface area contributed by atoms with Crippen LogP contribution in [0.4, 0.5) is 0 Å². The van der Waals surface area contributed by atoms with Crippen molar-refractivity contribution in [3.8, 4) is 5.88 Å². The Balaban J connectivity index is 1.92. The summed E-state index contributed by atoms with van der Waals surface area (Å²) in [6.45, 7) is 2.75. The first kappa shape index (κ1) is 9.61. The minimum absolute atomic E-state index is 0.593. The lowest BCUT2D eigenvalue weighted by molar-refractivity contribution is 0.300. The second-order valence-corrected chi connectivity index (χ2v) is 4.57. The predicted octanol–water partition coefficient (Wildman–Crippen LogP) is 2.74. The van der Waals surface area contributed by atoms with E-state index in [2.05, 4.69) is 27.8 Å². The maximum atomic E-state index is 5.44. The fourth-order valence-electron chi connectivity index (χ4n) is 1.05. The Morgan fingerprint density at radius 3 is 2.86 bits per heavy atom. The lowest BCUT2D eigenvalue weighted by Crippen LogP contribution is -1.91. The first-order valence-electron chi connectivity index (χ1n) is 4.36. The summed E-state index contributed by atoms with van der Waals surface area (Å²) in [5, 5.41) is 0. The van der Waals surface area contributed by atoms with Gasteiger partial charge in [0.25, 0.3) is 0 Å². The highest BCUT2D eigenvalue weighted by Gasteiger charge is 2.01. The highest BCUT2D eigenvalue weighted by Crippen LogP contribution is 2.18. The molecule has 2 aromatic rings. The maximum absolute atomic E-state index is 5.44. The Bertz CT molecular complexity index is 383. The van der Waals surface area contributed by atoms with Gasteiger partial charge >= 0.3 is 0 Å². The molecule has 3 nitrogen and oxygen atoms in total. The third kappa shape index (κ3) is 2.30. The zero-order valence-electron chi connectivity index (χ0n) is 7.77. The van der Waals surface area contributed by atoms with Crippen molar-refractivity contribution in [3.05, 3.63) is 28.1 Å². The summed E-state index contributed by atoms with van der Waals surface area (Å²) < 4.78 is 13.3. The molecule has 0 aliphatic heterocycles. The molecule has 0 aliphatic carbocycles. The third-order valence-electron chi connectivity index (χ3n) is 1.77. The normalized spacial score (nSPS) is 10.4. The molecule has 0 fully saturated rings. The van der Waals surface area contributed by atoms with Crippen molar-refractivity contribution in [1.82, 2.24) is 8.75 Å². The van der Waals surface area contributed by atoms with Crippen LogP contribution in [0.1, 0.15) is 16.7 Å². The van der Waals surface area contributed by atoms with Crippen molar-refractivity contribution < 1.29 is 4.74 Å². The average molecular weight is 226 g/mol. The molecule has 2 rings (SSSR count). The SMILES string of the molecule is CCc1ccc(COc2cnsn2)s1. The molecule has 74 valence electrons. The van der Waals surface area contributed by atoms with Crippen LogP contribution in [0.15, 0.2) is 18.3 Å². The van der Waals surface area contributed by atoms with Crippen LogP contribution < -0.4 is 4.74 Å². The zero-order chi connectivity index (χ0) is 9.80. The van der Waals surface area contributed by atoms with Gasteiger partial charge in [-0.05, 0) is 18.6 Å². The van der Waals surface area contributed by atoms with Crippen molar-refractivity contribution in [2.45, 2.75) is 20.0 Å². The summed E-state index contributed by atoms with van der Waals surface area (Å²) >= 11 is 2.95. The molecule has 0 aliphatic rings. The van der Waals surface area contributed by atoms with E-state index < -0.39 is 0 Å². The molecule has 0 spiro atoms. The molecule has 14 heavy (non-hydrogen) atoms. The van der Waals surface area contributed by atoms with Gasteiger partial charge in [0.15, 0.2) is 0 Å². The molecule has 5 heteroatoms. The van der Waals surface area contributed by atoms with Crippen LogP contribution >= 0.6 is 23.1 Å². The summed E-state index contributed by atoms with van der Waals surface area (Å²) in [7, 11) is 0. The number of thiophene rings is 1. The van der Waals surface area contributed by atoms with E-state index in [9.17, 15) is 0 Å². The molecule has 0 amide bonds. The molecule has 0 aromatic carbocycles. The van der Waals surface area contributed by atoms with Crippen LogP contribution in [0.3, 0.4) is 0 Å². The number of nitrogens with zero attached hydrogens (tertiary/aromatic N) is 2. The van der Waals surface area contributed by atoms with Gasteiger partial charge in [0, 0.05) is 9.75 Å². The van der Waals surface area contributed by atoms with Crippen molar-refractivity contribution in [1.29, 1.82) is 0 Å². The number of ether oxygens (including phenoxy) is 1. The van der Waals surface area contributed by atoms with Gasteiger partial charge in [0.05, 0.1) is 11.7 Å². The monoisotopic (exact) mass is 226 g/mol. The van der Waals surface area contributed by atoms with Crippen molar-refractivity contribution in [2.75, 3.05) is 0 Å². The van der Waals surface area contributed by atoms with Gasteiger partial charge in [0.1, 0.15) is 12.8 Å². The average Bonchev–Trinajstić information content (AvgIpc) is 2.86. The van der Waals surface area contributed by atoms with Gasteiger partial charge in [-0.3, -0.25) is 0 Å². The molecule has 0 unspecified atom stereocenters. The van der Waals surface area contributed by atoms with E-state index in [1.807, 2.05) is 0 Å². The number of rotatable bonds is 4. The molecule has 0 bridgehead atoms. The molecular formula is C9H10N2OS2. The van der Waals surface area contributed by atoms with Crippen LogP contribution in [-0.2, 0) is 13.0 Å². The van der Waals surface area contributed by atoms with Crippen LogP contribution in [0.2, 0.25) is 0 Å². The van der Waals surface area contributed by atoms with Crippen molar-refractivity contribution in [2.24, 2.45) is 0 Å². The first-order valence-corrected chi connectivity index (χ1v) is 5.91. The Labute approximate surface area is 90.7 Å². The van der Waals surface area contributed by atoms with E-state index >= 15 is 0 Å². The fourth-order valence-corrected chi connectivity index (χ4v) is 2.29. The van der Waals surface area contributed by atoms with E-state index in [4.69, 9.17) is 4.74 Å². The topological polar surface area (TPSA) is 35.0 Å². The third-order valence-corrected chi connectivity index (χ3v) is 3.43. The van der Waals surface area contributed by atoms with E-state index in [-0.39, 0.29) is 0 Å². The Morgan fingerprint density at radius 1 is 1.36 bits per heavy atom. The fraction of sp³-hybridized carbons (Fsp3) is 0.333. The predicted molar refractivity (Wildman–Crippen MR) is 57.9 cm³/mol. The number of hydrogen-bond acceptors (Lipinski definition) is 5. The van der Waals surface area contributed by atoms with Gasteiger partial charge in [-0.15, -0.1) is 15.7 Å². The second-order valence-electron chi connectivity index (χ2n) is 2.76. The lowest BCUT2D eigenvalue weighted by atomic mass is 10.4. The highest BCUT2D eigenvalue weighted by atomic mass is 32.1. The summed E-state index contributed by atoms with van der Waals surface area (Å²) in [6, 6.07) is 4.24. The van der Waals surface area contributed by atoms with Crippen molar-refractivity contribution >= 4 is 23.1 Å². The van der Waals surface area contributed by atoms with Gasteiger partial charge in [-0.25, -0.2) is 0 Å². The van der Waals surface area contributed by atoms with Crippen LogP contribution in [0.25, 0.3) is 0 Å². The van der Waals surface area contributed by atoms with E-state index in [0.717, 1.165) is 18.1 Å². The summed E-state index contributed by atoms with van der Waals surface area (Å²) in [5.74, 6) is 0.612. The van der Waals surface area contributed by atoms with Crippen LogP contribution in [0.5, 0.6) is 5.88 Å². The van der Waals surface area contributed by atoms with Gasteiger partial charge in [-0.1, -0.05) is 6.92 Å². The molecule has 0 radical (unpaired) electrons. The molecule has 0 saturated carbocycles. The second kappa shape index (κ2) is 4.52. The summed E-state index contributed by atoms with van der Waals surface area (Å²) in [5.41, 5.74) is 0. The lowest BCUT2D eigenvalue weighted by Gasteiger charge is -1.97. The first-order chi connectivity index (χ1) is 6.88. The molecule has 2 heterocycles. The maximum Gasteiger partial charge on any atom is 0.246 e. The van der Waals surface area contributed by atoms with E-state index in [1.54, 1.807) is 17.5 Å². The standard InChI is InChI=1S/C9H10N2OS2/c1-2-7-3-4-8(13-7)6-12-9-5-10-14-11-9/h3-5H,2,6H2,1H3. The number of hydrogen-bond donors (Lipinski definition) is 0. The summed E-state index contributed by atoms with van der Waals surface area (Å²) in [4.78, 5) is 2.62. The minimum atomic E-state index is 0.593.